The first-order valence-corrected chi connectivity index (χ1v) is 8.80. The highest BCUT2D eigenvalue weighted by molar-refractivity contribution is 9.10. The Morgan fingerprint density at radius 3 is 2.30 bits per heavy atom. The number of esters is 1. The van der Waals surface area contributed by atoms with E-state index in [0.717, 1.165) is 0 Å². The zero-order valence-corrected chi connectivity index (χ0v) is 17.5. The molecule has 0 bridgehead atoms. The second-order valence-electron chi connectivity index (χ2n) is 5.47. The molecule has 8 nitrogen and oxygen atoms in total. The highest BCUT2D eigenvalue weighted by atomic mass is 79.9. The van der Waals surface area contributed by atoms with Crippen LogP contribution in [0.5, 0.6) is 11.5 Å². The fourth-order valence-electron chi connectivity index (χ4n) is 2.29. The van der Waals surface area contributed by atoms with Crippen molar-refractivity contribution in [1.29, 1.82) is 0 Å². The average Bonchev–Trinajstić information content (AvgIpc) is 2.66. The van der Waals surface area contributed by atoms with E-state index in [2.05, 4.69) is 20.7 Å². The van der Waals surface area contributed by atoms with Crippen LogP contribution in [0.4, 0.5) is 0 Å². The third-order valence-corrected chi connectivity index (χ3v) is 4.91. The van der Waals surface area contributed by atoms with Crippen molar-refractivity contribution in [3.63, 3.8) is 0 Å². The van der Waals surface area contributed by atoms with Gasteiger partial charge in [-0.3, -0.25) is 19.4 Å². The molecule has 0 atom stereocenters. The molecule has 27 heavy (non-hydrogen) atoms. The molecule has 0 aromatic heterocycles. The van der Waals surface area contributed by atoms with E-state index < -0.39 is 17.8 Å². The maximum atomic E-state index is 12.4. The maximum absolute atomic E-state index is 12.4. The minimum atomic E-state index is -0.546. The van der Waals surface area contributed by atoms with E-state index in [1.807, 2.05) is 0 Å². The highest BCUT2D eigenvalue weighted by Crippen LogP contribution is 2.37. The van der Waals surface area contributed by atoms with Gasteiger partial charge in [-0.05, 0) is 51.9 Å². The van der Waals surface area contributed by atoms with Crippen LogP contribution >= 0.6 is 28.1 Å². The number of nitrogens with zero attached hydrogens (tertiary/aromatic N) is 2. The Kier molecular flexibility index (Phi) is 6.55. The van der Waals surface area contributed by atoms with Crippen LogP contribution in [0.2, 0.25) is 0 Å². The lowest BCUT2D eigenvalue weighted by Crippen LogP contribution is -2.52. The van der Waals surface area contributed by atoms with Gasteiger partial charge in [0.15, 0.2) is 23.2 Å². The zero-order chi connectivity index (χ0) is 20.3. The van der Waals surface area contributed by atoms with Gasteiger partial charge in [0, 0.05) is 14.1 Å². The largest absolute Gasteiger partial charge is 0.493 e. The molecule has 10 heteroatoms. The van der Waals surface area contributed by atoms with E-state index in [4.69, 9.17) is 21.7 Å². The van der Waals surface area contributed by atoms with Gasteiger partial charge in [0.1, 0.15) is 5.57 Å². The molecule has 144 valence electrons. The first kappa shape index (κ1) is 20.8. The fraction of sp³-hybridized carbons (Fsp3) is 0.294. The van der Waals surface area contributed by atoms with Crippen molar-refractivity contribution in [2.75, 3.05) is 34.9 Å². The number of amides is 2. The standard InChI is InChI=1S/C17H17BrN2O6S/c1-19-15(22)10(16(23)20(2)17(19)27)5-9-6-11(18)14(12(7-9)24-3)26-8-13(21)25-4/h5-7H,8H2,1-4H3. The summed E-state index contributed by atoms with van der Waals surface area (Å²) in [6, 6.07) is 3.22. The average molecular weight is 457 g/mol. The molecule has 1 aliphatic heterocycles. The Labute approximate surface area is 169 Å². The van der Waals surface area contributed by atoms with Crippen LogP contribution in [0, 0.1) is 0 Å². The van der Waals surface area contributed by atoms with Crippen molar-refractivity contribution in [1.82, 2.24) is 9.80 Å². The molecule has 1 aromatic rings. The number of ether oxygens (including phenoxy) is 3. The number of rotatable bonds is 5. The van der Waals surface area contributed by atoms with Crippen LogP contribution in [0.1, 0.15) is 5.56 Å². The lowest BCUT2D eigenvalue weighted by atomic mass is 10.1. The van der Waals surface area contributed by atoms with Gasteiger partial charge in [0.2, 0.25) is 0 Å². The number of likely N-dealkylation sites (N-methyl/N-ethyl adjacent to an activating group) is 2. The van der Waals surface area contributed by atoms with E-state index in [9.17, 15) is 14.4 Å². The van der Waals surface area contributed by atoms with Crippen molar-refractivity contribution >= 4 is 57.1 Å². The van der Waals surface area contributed by atoms with Gasteiger partial charge >= 0.3 is 5.97 Å². The molecule has 1 fully saturated rings. The number of hydrogen-bond acceptors (Lipinski definition) is 7. The number of carbonyl (C=O) groups is 3. The third-order valence-electron chi connectivity index (χ3n) is 3.77. The predicted molar refractivity (Wildman–Crippen MR) is 104 cm³/mol. The van der Waals surface area contributed by atoms with Crippen molar-refractivity contribution in [2.45, 2.75) is 0 Å². The molecule has 0 N–H and O–H groups in total. The topological polar surface area (TPSA) is 85.4 Å². The first-order chi connectivity index (χ1) is 12.7. The quantitative estimate of drug-likeness (QED) is 0.288. The van der Waals surface area contributed by atoms with E-state index in [1.165, 1.54) is 44.2 Å². The molecule has 1 heterocycles. The number of hydrogen-bond donors (Lipinski definition) is 0. The van der Waals surface area contributed by atoms with Gasteiger partial charge in [-0.1, -0.05) is 0 Å². The first-order valence-electron chi connectivity index (χ1n) is 7.60. The van der Waals surface area contributed by atoms with Crippen molar-refractivity contribution < 1.29 is 28.6 Å². The number of benzene rings is 1. The Hall–Kier alpha value is -2.46. The van der Waals surface area contributed by atoms with Crippen molar-refractivity contribution in [3.05, 3.63) is 27.7 Å². The van der Waals surface area contributed by atoms with Gasteiger partial charge in [-0.15, -0.1) is 0 Å². The molecule has 2 rings (SSSR count). The van der Waals surface area contributed by atoms with Gasteiger partial charge in [0.25, 0.3) is 11.8 Å². The molecule has 1 saturated heterocycles. The van der Waals surface area contributed by atoms with Crippen LogP contribution in [-0.4, -0.2) is 67.6 Å². The number of carbonyl (C=O) groups excluding carboxylic acids is 3. The second-order valence-corrected chi connectivity index (χ2v) is 6.69. The fourth-order valence-corrected chi connectivity index (χ4v) is 3.03. The van der Waals surface area contributed by atoms with Crippen molar-refractivity contribution in [3.8, 4) is 11.5 Å². The summed E-state index contributed by atoms with van der Waals surface area (Å²) in [7, 11) is 5.69. The second kappa shape index (κ2) is 8.49. The van der Waals surface area contributed by atoms with Crippen LogP contribution in [0.3, 0.4) is 0 Å². The van der Waals surface area contributed by atoms with Gasteiger partial charge in [-0.2, -0.15) is 0 Å². The maximum Gasteiger partial charge on any atom is 0.343 e. The lowest BCUT2D eigenvalue weighted by Gasteiger charge is -2.31. The molecule has 0 unspecified atom stereocenters. The van der Waals surface area contributed by atoms with E-state index in [0.29, 0.717) is 21.5 Å². The number of thiocarbonyl (C=S) groups is 1. The minimum absolute atomic E-state index is 0.0363. The predicted octanol–water partition coefficient (Wildman–Crippen LogP) is 1.61. The summed E-state index contributed by atoms with van der Waals surface area (Å²) in [5.74, 6) is -0.932. The number of methoxy groups -OCH3 is 2. The van der Waals surface area contributed by atoms with Gasteiger partial charge in [0.05, 0.1) is 18.7 Å². The Bertz CT molecular complexity index is 828. The molecule has 0 spiro atoms. The van der Waals surface area contributed by atoms with Crippen LogP contribution < -0.4 is 9.47 Å². The Morgan fingerprint density at radius 2 is 1.78 bits per heavy atom. The van der Waals surface area contributed by atoms with Gasteiger partial charge < -0.3 is 14.2 Å². The Morgan fingerprint density at radius 1 is 1.19 bits per heavy atom. The summed E-state index contributed by atoms with van der Waals surface area (Å²) in [5, 5.41) is 0.132. The summed E-state index contributed by atoms with van der Waals surface area (Å²) in [5.41, 5.74) is 0.487. The molecule has 0 radical (unpaired) electrons. The van der Waals surface area contributed by atoms with E-state index in [-0.39, 0.29) is 17.3 Å². The SMILES string of the molecule is COC(=O)COc1c(Br)cc(C=C2C(=O)N(C)C(=S)N(C)C2=O)cc1OC. The molecule has 0 aliphatic carbocycles. The summed E-state index contributed by atoms with van der Waals surface area (Å²) >= 11 is 8.40. The van der Waals surface area contributed by atoms with E-state index in [1.54, 1.807) is 12.1 Å². The molecule has 1 aromatic carbocycles. The van der Waals surface area contributed by atoms with E-state index >= 15 is 0 Å². The molecular formula is C17H17BrN2O6S. The minimum Gasteiger partial charge on any atom is -0.493 e. The summed E-state index contributed by atoms with van der Waals surface area (Å²) < 4.78 is 15.7. The van der Waals surface area contributed by atoms with Crippen LogP contribution in [-0.2, 0) is 19.1 Å². The normalized spacial score (nSPS) is 14.4. The highest BCUT2D eigenvalue weighted by Gasteiger charge is 2.35. The monoisotopic (exact) mass is 456 g/mol. The number of halogens is 1. The zero-order valence-electron chi connectivity index (χ0n) is 15.1. The molecular weight excluding hydrogens is 440 g/mol. The summed E-state index contributed by atoms with van der Waals surface area (Å²) in [4.78, 5) is 38.6. The summed E-state index contributed by atoms with van der Waals surface area (Å²) in [6.07, 6.45) is 1.44. The lowest BCUT2D eigenvalue weighted by molar-refractivity contribution is -0.143. The summed E-state index contributed by atoms with van der Waals surface area (Å²) in [6.45, 7) is -0.296. The Balaban J connectivity index is 2.41. The molecule has 1 aliphatic rings. The van der Waals surface area contributed by atoms with Crippen molar-refractivity contribution in [2.24, 2.45) is 0 Å². The third kappa shape index (κ3) is 4.28. The molecule has 0 saturated carbocycles. The van der Waals surface area contributed by atoms with Crippen LogP contribution in [0.25, 0.3) is 6.08 Å². The van der Waals surface area contributed by atoms with Gasteiger partial charge in [-0.25, -0.2) is 4.79 Å². The van der Waals surface area contributed by atoms with Crippen LogP contribution in [0.15, 0.2) is 22.2 Å². The smallest absolute Gasteiger partial charge is 0.343 e. The molecule has 2 amide bonds.